The molecule has 0 aliphatic rings. The molecule has 0 fully saturated rings. The minimum Gasteiger partial charge on any atom is -0.480 e. The van der Waals surface area contributed by atoms with Crippen molar-refractivity contribution in [3.8, 4) is 0 Å². The first kappa shape index (κ1) is 13.5. The standard InChI is InChI=1S/C11H15NO4S/c1-2-6-10(11(13)14)17(15,16)12-9-7-4-3-5-8-9/h3-5,7-8,10,12H,2,6H2,1H3,(H,13,14). The number of anilines is 1. The third-order valence-corrected chi connectivity index (χ3v) is 3.94. The highest BCUT2D eigenvalue weighted by Gasteiger charge is 2.31. The molecule has 1 atom stereocenters. The zero-order chi connectivity index (χ0) is 12.9. The van der Waals surface area contributed by atoms with E-state index >= 15 is 0 Å². The van der Waals surface area contributed by atoms with Crippen LogP contribution in [0.2, 0.25) is 0 Å². The topological polar surface area (TPSA) is 83.5 Å². The molecule has 94 valence electrons. The molecule has 5 nitrogen and oxygen atoms in total. The molecular weight excluding hydrogens is 242 g/mol. The summed E-state index contributed by atoms with van der Waals surface area (Å²) in [7, 11) is -3.89. The van der Waals surface area contributed by atoms with Crippen molar-refractivity contribution in [2.24, 2.45) is 0 Å². The second kappa shape index (κ2) is 5.67. The number of nitrogens with one attached hydrogen (secondary N) is 1. The van der Waals surface area contributed by atoms with Crippen LogP contribution in [-0.4, -0.2) is 24.7 Å². The van der Waals surface area contributed by atoms with Gasteiger partial charge >= 0.3 is 5.97 Å². The first-order chi connectivity index (χ1) is 7.97. The van der Waals surface area contributed by atoms with Gasteiger partial charge in [-0.1, -0.05) is 31.5 Å². The smallest absolute Gasteiger partial charge is 0.323 e. The summed E-state index contributed by atoms with van der Waals surface area (Å²) >= 11 is 0. The number of rotatable bonds is 6. The quantitative estimate of drug-likeness (QED) is 0.812. The first-order valence-electron chi connectivity index (χ1n) is 5.27. The lowest BCUT2D eigenvalue weighted by Crippen LogP contribution is -2.34. The van der Waals surface area contributed by atoms with E-state index < -0.39 is 21.2 Å². The third kappa shape index (κ3) is 3.74. The Morgan fingerprint density at radius 1 is 1.35 bits per heavy atom. The number of benzene rings is 1. The van der Waals surface area contributed by atoms with E-state index in [9.17, 15) is 13.2 Å². The van der Waals surface area contributed by atoms with Crippen molar-refractivity contribution in [3.63, 3.8) is 0 Å². The van der Waals surface area contributed by atoms with Crippen LogP contribution in [0.3, 0.4) is 0 Å². The average Bonchev–Trinajstić information content (AvgIpc) is 2.26. The predicted molar refractivity (Wildman–Crippen MR) is 65.3 cm³/mol. The Morgan fingerprint density at radius 2 is 1.94 bits per heavy atom. The van der Waals surface area contributed by atoms with E-state index in [2.05, 4.69) is 4.72 Å². The number of para-hydroxylation sites is 1. The molecule has 0 spiro atoms. The zero-order valence-electron chi connectivity index (χ0n) is 9.46. The van der Waals surface area contributed by atoms with Crippen molar-refractivity contribution in [1.82, 2.24) is 0 Å². The highest BCUT2D eigenvalue weighted by Crippen LogP contribution is 2.14. The van der Waals surface area contributed by atoms with Crippen LogP contribution < -0.4 is 4.72 Å². The van der Waals surface area contributed by atoms with E-state index in [1.165, 1.54) is 0 Å². The van der Waals surface area contributed by atoms with E-state index in [-0.39, 0.29) is 6.42 Å². The van der Waals surface area contributed by atoms with E-state index in [0.29, 0.717) is 12.1 Å². The zero-order valence-corrected chi connectivity index (χ0v) is 10.3. The fraction of sp³-hybridized carbons (Fsp3) is 0.364. The van der Waals surface area contributed by atoms with Crippen molar-refractivity contribution in [2.75, 3.05) is 4.72 Å². The van der Waals surface area contributed by atoms with Gasteiger partial charge < -0.3 is 5.11 Å². The normalized spacial score (nSPS) is 13.0. The minimum absolute atomic E-state index is 0.0947. The molecular formula is C11H15NO4S. The second-order valence-electron chi connectivity index (χ2n) is 3.63. The van der Waals surface area contributed by atoms with Gasteiger partial charge in [0.15, 0.2) is 5.25 Å². The number of sulfonamides is 1. The van der Waals surface area contributed by atoms with Gasteiger partial charge in [-0.2, -0.15) is 0 Å². The highest BCUT2D eigenvalue weighted by atomic mass is 32.2. The van der Waals surface area contributed by atoms with Gasteiger partial charge in [-0.05, 0) is 18.6 Å². The molecule has 0 saturated carbocycles. The van der Waals surface area contributed by atoms with Gasteiger partial charge in [0.2, 0.25) is 10.0 Å². The van der Waals surface area contributed by atoms with E-state index in [1.807, 2.05) is 0 Å². The molecule has 0 aromatic heterocycles. The summed E-state index contributed by atoms with van der Waals surface area (Å²) in [5.74, 6) is -1.32. The molecule has 1 rings (SSSR count). The lowest BCUT2D eigenvalue weighted by atomic mass is 10.2. The fourth-order valence-corrected chi connectivity index (χ4v) is 2.83. The van der Waals surface area contributed by atoms with Gasteiger partial charge in [-0.25, -0.2) is 8.42 Å². The number of hydrogen-bond acceptors (Lipinski definition) is 3. The molecule has 0 aliphatic heterocycles. The molecule has 0 bridgehead atoms. The molecule has 6 heteroatoms. The molecule has 0 heterocycles. The van der Waals surface area contributed by atoms with Crippen LogP contribution >= 0.6 is 0 Å². The van der Waals surface area contributed by atoms with Crippen LogP contribution in [0.25, 0.3) is 0 Å². The van der Waals surface area contributed by atoms with Gasteiger partial charge in [0.1, 0.15) is 0 Å². The average molecular weight is 257 g/mol. The number of aliphatic carboxylic acids is 1. The van der Waals surface area contributed by atoms with Crippen LogP contribution in [0.1, 0.15) is 19.8 Å². The maximum absolute atomic E-state index is 11.8. The molecule has 1 unspecified atom stereocenters. The Bertz CT molecular complexity index is 470. The molecule has 17 heavy (non-hydrogen) atoms. The van der Waals surface area contributed by atoms with E-state index in [1.54, 1.807) is 37.3 Å². The lowest BCUT2D eigenvalue weighted by Gasteiger charge is -2.14. The molecule has 1 aromatic rings. The first-order valence-corrected chi connectivity index (χ1v) is 6.81. The lowest BCUT2D eigenvalue weighted by molar-refractivity contribution is -0.136. The number of carbonyl (C=O) groups is 1. The molecule has 0 radical (unpaired) electrons. The number of carboxylic acids is 1. The Morgan fingerprint density at radius 3 is 2.41 bits per heavy atom. The largest absolute Gasteiger partial charge is 0.480 e. The van der Waals surface area contributed by atoms with Gasteiger partial charge in [0.25, 0.3) is 0 Å². The highest BCUT2D eigenvalue weighted by molar-refractivity contribution is 7.94. The molecule has 2 N–H and O–H groups in total. The van der Waals surface area contributed by atoms with Crippen LogP contribution in [0.15, 0.2) is 30.3 Å². The van der Waals surface area contributed by atoms with Crippen molar-refractivity contribution in [3.05, 3.63) is 30.3 Å². The molecule has 0 aliphatic carbocycles. The SMILES string of the molecule is CCCC(C(=O)O)S(=O)(=O)Nc1ccccc1. The van der Waals surface area contributed by atoms with Crippen LogP contribution in [0.4, 0.5) is 5.69 Å². The minimum atomic E-state index is -3.89. The van der Waals surface area contributed by atoms with Crippen LogP contribution in [0.5, 0.6) is 0 Å². The summed E-state index contributed by atoms with van der Waals surface area (Å²) in [4.78, 5) is 10.9. The van der Waals surface area contributed by atoms with Gasteiger partial charge in [-0.15, -0.1) is 0 Å². The fourth-order valence-electron chi connectivity index (χ4n) is 1.42. The maximum atomic E-state index is 11.8. The van der Waals surface area contributed by atoms with Crippen LogP contribution in [0, 0.1) is 0 Å². The maximum Gasteiger partial charge on any atom is 0.323 e. The van der Waals surface area contributed by atoms with E-state index in [4.69, 9.17) is 5.11 Å². The summed E-state index contributed by atoms with van der Waals surface area (Å²) in [5, 5.41) is 7.49. The Hall–Kier alpha value is -1.56. The number of carboxylic acid groups (broad SMARTS) is 1. The summed E-state index contributed by atoms with van der Waals surface area (Å²) in [6.45, 7) is 1.74. The van der Waals surface area contributed by atoms with E-state index in [0.717, 1.165) is 0 Å². The van der Waals surface area contributed by atoms with Crippen molar-refractivity contribution >= 4 is 21.7 Å². The Kier molecular flexibility index (Phi) is 4.51. The number of hydrogen-bond donors (Lipinski definition) is 2. The van der Waals surface area contributed by atoms with Crippen LogP contribution in [-0.2, 0) is 14.8 Å². The molecule has 1 aromatic carbocycles. The monoisotopic (exact) mass is 257 g/mol. The van der Waals surface area contributed by atoms with Crippen molar-refractivity contribution in [1.29, 1.82) is 0 Å². The molecule has 0 saturated heterocycles. The Balaban J connectivity index is 2.90. The summed E-state index contributed by atoms with van der Waals surface area (Å²) in [6, 6.07) is 8.24. The van der Waals surface area contributed by atoms with Gasteiger partial charge in [0.05, 0.1) is 0 Å². The summed E-state index contributed by atoms with van der Waals surface area (Å²) < 4.78 is 26.0. The van der Waals surface area contributed by atoms with Gasteiger partial charge in [-0.3, -0.25) is 9.52 Å². The predicted octanol–water partition coefficient (Wildman–Crippen LogP) is 1.68. The second-order valence-corrected chi connectivity index (χ2v) is 5.49. The Labute approximate surface area is 101 Å². The van der Waals surface area contributed by atoms with Gasteiger partial charge in [0, 0.05) is 5.69 Å². The van der Waals surface area contributed by atoms with Crippen molar-refractivity contribution in [2.45, 2.75) is 25.0 Å². The van der Waals surface area contributed by atoms with Crippen molar-refractivity contribution < 1.29 is 18.3 Å². The summed E-state index contributed by atoms with van der Waals surface area (Å²) in [5.41, 5.74) is 0.370. The summed E-state index contributed by atoms with van der Waals surface area (Å²) in [6.07, 6.45) is 0.587. The third-order valence-electron chi connectivity index (χ3n) is 2.23. The molecule has 0 amide bonds.